The van der Waals surface area contributed by atoms with Crippen molar-refractivity contribution in [2.75, 3.05) is 13.1 Å². The fourth-order valence-electron chi connectivity index (χ4n) is 0.721. The lowest BCUT2D eigenvalue weighted by Gasteiger charge is -2.02. The van der Waals surface area contributed by atoms with Crippen LogP contribution in [-0.4, -0.2) is 40.2 Å². The number of nitrogens with two attached hydrogens (primary N) is 1. The van der Waals surface area contributed by atoms with Crippen molar-refractivity contribution in [3.8, 4) is 0 Å². The summed E-state index contributed by atoms with van der Waals surface area (Å²) < 4.78 is 0. The first-order valence-electron chi connectivity index (χ1n) is 4.36. The summed E-state index contributed by atoms with van der Waals surface area (Å²) in [4.78, 5) is 16.8. The largest absolute Gasteiger partial charge is 0.480 e. The lowest BCUT2D eigenvalue weighted by atomic mass is 10.2. The maximum Gasteiger partial charge on any atom is 0.320 e. The first kappa shape index (κ1) is 10.7. The molecule has 5 N–H and O–H groups in total. The van der Waals surface area contributed by atoms with E-state index < -0.39 is 12.0 Å². The Bertz CT molecular complexity index is 268. The van der Waals surface area contributed by atoms with Crippen LogP contribution in [0.5, 0.6) is 0 Å². The number of carbonyl (C=O) groups is 1. The van der Waals surface area contributed by atoms with Gasteiger partial charge in [-0.1, -0.05) is 0 Å². The number of hydrogen-bond acceptors (Lipinski definition) is 4. The van der Waals surface area contributed by atoms with Crippen LogP contribution >= 0.6 is 0 Å². The molecule has 14 heavy (non-hydrogen) atoms. The standard InChI is InChI=1S/C6H9N3O2.C2H5N/c7-5(6(10)11)1-4-2-8-3-9-4;1-2-3-1/h2-3,5H,1,7H2,(H,8,9)(H,10,11);3H,1-2H2. The van der Waals surface area contributed by atoms with Crippen LogP contribution in [0.2, 0.25) is 0 Å². The Morgan fingerprint density at radius 2 is 2.36 bits per heavy atom. The maximum absolute atomic E-state index is 10.3. The summed E-state index contributed by atoms with van der Waals surface area (Å²) in [5.74, 6) is -1.00. The van der Waals surface area contributed by atoms with Crippen molar-refractivity contribution in [3.05, 3.63) is 18.2 Å². The number of imidazole rings is 1. The maximum atomic E-state index is 10.3. The van der Waals surface area contributed by atoms with Crippen LogP contribution in [-0.2, 0) is 11.2 Å². The molecule has 0 aromatic carbocycles. The van der Waals surface area contributed by atoms with E-state index in [2.05, 4.69) is 15.3 Å². The third-order valence-corrected chi connectivity index (χ3v) is 1.56. The molecule has 0 spiro atoms. The van der Waals surface area contributed by atoms with E-state index in [4.69, 9.17) is 10.8 Å². The summed E-state index contributed by atoms with van der Waals surface area (Å²) in [5.41, 5.74) is 6.00. The minimum atomic E-state index is -1.00. The monoisotopic (exact) mass is 198 g/mol. The zero-order chi connectivity index (χ0) is 10.4. The SMILES string of the molecule is C1CN1.NC(Cc1cnc[nH]1)C(=O)O. The number of aromatic nitrogens is 2. The molecule has 1 aromatic rings. The molecule has 78 valence electrons. The predicted molar refractivity (Wildman–Crippen MR) is 50.8 cm³/mol. The highest BCUT2D eigenvalue weighted by Crippen LogP contribution is 1.95. The summed E-state index contributed by atoms with van der Waals surface area (Å²) in [6, 6.07) is -0.851. The van der Waals surface area contributed by atoms with Gasteiger partial charge in [0.1, 0.15) is 6.04 Å². The van der Waals surface area contributed by atoms with Gasteiger partial charge in [0.15, 0.2) is 0 Å². The summed E-state index contributed by atoms with van der Waals surface area (Å²) in [5, 5.41) is 11.4. The molecule has 2 rings (SSSR count). The number of carboxylic acids is 1. The number of H-pyrrole nitrogens is 1. The quantitative estimate of drug-likeness (QED) is 0.463. The molecule has 1 aliphatic rings. The number of aromatic amines is 1. The van der Waals surface area contributed by atoms with Crippen molar-refractivity contribution in [2.45, 2.75) is 12.5 Å². The van der Waals surface area contributed by atoms with Crippen LogP contribution in [0.4, 0.5) is 0 Å². The van der Waals surface area contributed by atoms with Crippen LogP contribution in [0, 0.1) is 0 Å². The van der Waals surface area contributed by atoms with Crippen LogP contribution in [0.15, 0.2) is 12.5 Å². The van der Waals surface area contributed by atoms with Gasteiger partial charge < -0.3 is 21.1 Å². The third-order valence-electron chi connectivity index (χ3n) is 1.56. The Morgan fingerprint density at radius 3 is 2.71 bits per heavy atom. The molecular weight excluding hydrogens is 184 g/mol. The topological polar surface area (TPSA) is 114 Å². The molecule has 1 aromatic heterocycles. The summed E-state index contributed by atoms with van der Waals surface area (Å²) in [6.45, 7) is 2.50. The molecule has 0 radical (unpaired) electrons. The van der Waals surface area contributed by atoms with Gasteiger partial charge in [0.25, 0.3) is 0 Å². The van der Waals surface area contributed by atoms with Gasteiger partial charge >= 0.3 is 5.97 Å². The smallest absolute Gasteiger partial charge is 0.320 e. The van der Waals surface area contributed by atoms with E-state index in [0.717, 1.165) is 5.69 Å². The second kappa shape index (κ2) is 5.36. The summed E-state index contributed by atoms with van der Waals surface area (Å²) >= 11 is 0. The van der Waals surface area contributed by atoms with Gasteiger partial charge in [0.2, 0.25) is 0 Å². The van der Waals surface area contributed by atoms with Gasteiger partial charge in [-0.05, 0) is 0 Å². The first-order chi connectivity index (χ1) is 6.70. The minimum Gasteiger partial charge on any atom is -0.480 e. The molecule has 1 fully saturated rings. The number of nitrogens with one attached hydrogen (secondary N) is 2. The van der Waals surface area contributed by atoms with Gasteiger partial charge in [-0.2, -0.15) is 0 Å². The van der Waals surface area contributed by atoms with Crippen molar-refractivity contribution in [2.24, 2.45) is 5.73 Å². The average Bonchev–Trinajstić information content (AvgIpc) is 2.94. The Hall–Kier alpha value is -1.40. The zero-order valence-corrected chi connectivity index (χ0v) is 7.73. The molecule has 2 heterocycles. The lowest BCUT2D eigenvalue weighted by Crippen LogP contribution is -2.32. The minimum absolute atomic E-state index is 0.287. The Morgan fingerprint density at radius 1 is 1.71 bits per heavy atom. The number of hydrogen-bond donors (Lipinski definition) is 4. The van der Waals surface area contributed by atoms with Gasteiger partial charge in [0, 0.05) is 31.4 Å². The number of carboxylic acid groups (broad SMARTS) is 1. The molecule has 6 heteroatoms. The Labute approximate surface area is 81.5 Å². The first-order valence-corrected chi connectivity index (χ1v) is 4.36. The van der Waals surface area contributed by atoms with Crippen LogP contribution in [0.25, 0.3) is 0 Å². The Balaban J connectivity index is 0.000000276. The molecule has 0 amide bonds. The van der Waals surface area contributed by atoms with Crippen molar-refractivity contribution in [1.29, 1.82) is 0 Å². The van der Waals surface area contributed by atoms with E-state index in [1.807, 2.05) is 0 Å². The van der Waals surface area contributed by atoms with E-state index in [9.17, 15) is 4.79 Å². The zero-order valence-electron chi connectivity index (χ0n) is 7.73. The molecule has 0 aliphatic carbocycles. The predicted octanol–water partition coefficient (Wildman–Crippen LogP) is -1.05. The third kappa shape index (κ3) is 4.58. The van der Waals surface area contributed by atoms with Crippen molar-refractivity contribution >= 4 is 5.97 Å². The van der Waals surface area contributed by atoms with Gasteiger partial charge in [-0.25, -0.2) is 4.98 Å². The highest BCUT2D eigenvalue weighted by molar-refractivity contribution is 5.73. The molecule has 1 atom stereocenters. The lowest BCUT2D eigenvalue weighted by molar-refractivity contribution is -0.138. The average molecular weight is 198 g/mol. The highest BCUT2D eigenvalue weighted by Gasteiger charge is 2.11. The van der Waals surface area contributed by atoms with E-state index in [1.165, 1.54) is 19.4 Å². The van der Waals surface area contributed by atoms with E-state index >= 15 is 0 Å². The number of nitrogens with zero attached hydrogens (tertiary/aromatic N) is 1. The molecular formula is C8H14N4O2. The van der Waals surface area contributed by atoms with Gasteiger partial charge in [-0.15, -0.1) is 0 Å². The number of rotatable bonds is 3. The van der Waals surface area contributed by atoms with Crippen molar-refractivity contribution < 1.29 is 9.90 Å². The van der Waals surface area contributed by atoms with Gasteiger partial charge in [-0.3, -0.25) is 4.79 Å². The second-order valence-corrected chi connectivity index (χ2v) is 2.98. The molecule has 0 saturated carbocycles. The Kier molecular flexibility index (Phi) is 4.09. The van der Waals surface area contributed by atoms with E-state index in [1.54, 1.807) is 6.20 Å². The summed E-state index contributed by atoms with van der Waals surface area (Å²) in [6.07, 6.45) is 3.34. The van der Waals surface area contributed by atoms with E-state index in [-0.39, 0.29) is 6.42 Å². The second-order valence-electron chi connectivity index (χ2n) is 2.98. The van der Waals surface area contributed by atoms with Crippen molar-refractivity contribution in [1.82, 2.24) is 15.3 Å². The molecule has 1 unspecified atom stereocenters. The number of aliphatic carboxylic acids is 1. The van der Waals surface area contributed by atoms with E-state index in [0.29, 0.717) is 0 Å². The highest BCUT2D eigenvalue weighted by atomic mass is 16.4. The van der Waals surface area contributed by atoms with Gasteiger partial charge in [0.05, 0.1) is 6.33 Å². The fraction of sp³-hybridized carbons (Fsp3) is 0.500. The molecule has 1 saturated heterocycles. The van der Waals surface area contributed by atoms with Crippen LogP contribution in [0.1, 0.15) is 5.69 Å². The van der Waals surface area contributed by atoms with Crippen molar-refractivity contribution in [3.63, 3.8) is 0 Å². The summed E-state index contributed by atoms with van der Waals surface area (Å²) in [7, 11) is 0. The van der Waals surface area contributed by atoms with Crippen LogP contribution < -0.4 is 11.1 Å². The molecule has 6 nitrogen and oxygen atoms in total. The normalized spacial score (nSPS) is 15.2. The molecule has 0 bridgehead atoms. The fourth-order valence-corrected chi connectivity index (χ4v) is 0.721. The van der Waals surface area contributed by atoms with Crippen LogP contribution in [0.3, 0.4) is 0 Å². The molecule has 1 aliphatic heterocycles.